The first-order valence-electron chi connectivity index (χ1n) is 8.78. The van der Waals surface area contributed by atoms with Crippen molar-refractivity contribution in [1.82, 2.24) is 0 Å². The maximum atomic E-state index is 2.42. The first-order valence-corrected chi connectivity index (χ1v) is 10.3. The van der Waals surface area contributed by atoms with E-state index in [0.717, 1.165) is 6.42 Å². The van der Waals surface area contributed by atoms with Crippen LogP contribution in [0.2, 0.25) is 0 Å². The van der Waals surface area contributed by atoms with Crippen LogP contribution >= 0.6 is 0 Å². The van der Waals surface area contributed by atoms with Gasteiger partial charge in [0.05, 0.1) is 0 Å². The van der Waals surface area contributed by atoms with E-state index in [1.807, 2.05) is 0 Å². The van der Waals surface area contributed by atoms with Gasteiger partial charge in [-0.1, -0.05) is 0 Å². The summed E-state index contributed by atoms with van der Waals surface area (Å²) in [5, 5.41) is 0. The Balaban J connectivity index is 0.00000121. The average molecular weight is 419 g/mol. The molecule has 0 heterocycles. The van der Waals surface area contributed by atoms with Gasteiger partial charge in [-0.05, 0) is 0 Å². The van der Waals surface area contributed by atoms with Crippen molar-refractivity contribution < 1.29 is 44.0 Å². The van der Waals surface area contributed by atoms with Crippen molar-refractivity contribution in [2.45, 2.75) is 41.0 Å². The van der Waals surface area contributed by atoms with Gasteiger partial charge in [-0.25, -0.2) is 0 Å². The fourth-order valence-corrected chi connectivity index (χ4v) is 6.90. The Morgan fingerprint density at radius 3 is 2.12 bits per heavy atom. The minimum absolute atomic E-state index is 0. The van der Waals surface area contributed by atoms with Gasteiger partial charge in [-0.3, -0.25) is 0 Å². The molecule has 134 valence electrons. The van der Waals surface area contributed by atoms with E-state index in [2.05, 4.69) is 77.1 Å². The Kier molecular flexibility index (Phi) is 6.36. The minimum atomic E-state index is -0.296. The molecular weight excluding hydrogens is 395 g/mol. The normalized spacial score (nSPS) is 16.5. The van der Waals surface area contributed by atoms with Gasteiger partial charge in [0.1, 0.15) is 0 Å². The Morgan fingerprint density at radius 2 is 1.46 bits per heavy atom. The van der Waals surface area contributed by atoms with Crippen LogP contribution in [0.3, 0.4) is 0 Å². The monoisotopic (exact) mass is 418 g/mol. The van der Waals surface area contributed by atoms with Crippen LogP contribution in [0.1, 0.15) is 45.7 Å². The predicted molar refractivity (Wildman–Crippen MR) is 99.2 cm³/mol. The Bertz CT molecular complexity index is 920. The van der Waals surface area contributed by atoms with Crippen molar-refractivity contribution in [3.63, 3.8) is 0 Å². The molecule has 0 aromatic heterocycles. The third kappa shape index (κ3) is 3.16. The number of allylic oxidation sites excluding steroid dienone is 4. The second-order valence-electron chi connectivity index (χ2n) is 7.67. The van der Waals surface area contributed by atoms with E-state index in [4.69, 9.17) is 0 Å². The quantitative estimate of drug-likeness (QED) is 0.498. The number of halogens is 2. The summed E-state index contributed by atoms with van der Waals surface area (Å²) < 4.78 is 3.36. The first kappa shape index (κ1) is 21.5. The van der Waals surface area contributed by atoms with Gasteiger partial charge in [0.2, 0.25) is 0 Å². The van der Waals surface area contributed by atoms with Gasteiger partial charge in [0.25, 0.3) is 0 Å². The molecule has 0 bridgehead atoms. The van der Waals surface area contributed by atoms with E-state index < -0.39 is 0 Å². The Morgan fingerprint density at radius 1 is 0.808 bits per heavy atom. The molecule has 0 atom stereocenters. The van der Waals surface area contributed by atoms with E-state index in [0.29, 0.717) is 0 Å². The molecule has 0 amide bonds. The molecule has 4 rings (SSSR count). The molecule has 0 unspecified atom stereocenters. The molecule has 0 saturated carbocycles. The summed E-state index contributed by atoms with van der Waals surface area (Å²) in [7, 11) is 0. The van der Waals surface area contributed by atoms with Crippen molar-refractivity contribution in [3.8, 4) is 11.1 Å². The van der Waals surface area contributed by atoms with Gasteiger partial charge >= 0.3 is 155 Å². The van der Waals surface area contributed by atoms with Crippen LogP contribution in [-0.2, 0) is 25.6 Å². The molecule has 0 spiro atoms. The van der Waals surface area contributed by atoms with E-state index >= 15 is 0 Å². The number of hydrogen-bond acceptors (Lipinski definition) is 0. The SMILES string of the molecule is CC1=C(C)C(C)(C)[C]([Ti+2][c]2cccc3c2Cc2ccccc2-3)=C1C.[Cl-].[Cl-]. The van der Waals surface area contributed by atoms with Crippen LogP contribution in [0.25, 0.3) is 11.1 Å². The van der Waals surface area contributed by atoms with Crippen LogP contribution in [-0.4, -0.2) is 0 Å². The van der Waals surface area contributed by atoms with E-state index in [-0.39, 0.29) is 49.4 Å². The minimum Gasteiger partial charge on any atom is -1.00 e. The molecule has 2 aromatic rings. The summed E-state index contributed by atoms with van der Waals surface area (Å²) in [5.74, 6) is 0. The summed E-state index contributed by atoms with van der Waals surface area (Å²) in [6.07, 6.45) is 1.11. The molecule has 2 aliphatic rings. The third-order valence-corrected chi connectivity index (χ3v) is 9.28. The fraction of sp³-hybridized carbons (Fsp3) is 0.304. The molecule has 2 aliphatic carbocycles. The largest absolute Gasteiger partial charge is 1.00 e. The number of rotatable bonds is 2. The third-order valence-electron chi connectivity index (χ3n) is 6.17. The van der Waals surface area contributed by atoms with Gasteiger partial charge in [-0.2, -0.15) is 0 Å². The molecule has 2 aromatic carbocycles. The maximum absolute atomic E-state index is 2.42. The summed E-state index contributed by atoms with van der Waals surface area (Å²) in [4.78, 5) is 0. The molecule has 0 N–H and O–H groups in total. The second kappa shape index (κ2) is 7.68. The van der Waals surface area contributed by atoms with Gasteiger partial charge in [0.15, 0.2) is 0 Å². The van der Waals surface area contributed by atoms with E-state index in [9.17, 15) is 0 Å². The topological polar surface area (TPSA) is 0 Å². The molecule has 3 heteroatoms. The van der Waals surface area contributed by atoms with Crippen molar-refractivity contribution >= 4 is 3.87 Å². The second-order valence-corrected chi connectivity index (χ2v) is 9.68. The van der Waals surface area contributed by atoms with Crippen molar-refractivity contribution in [1.29, 1.82) is 0 Å². The number of fused-ring (bicyclic) bond motifs is 3. The van der Waals surface area contributed by atoms with Crippen LogP contribution in [0.4, 0.5) is 0 Å². The fourth-order valence-electron chi connectivity index (χ4n) is 4.25. The van der Waals surface area contributed by atoms with Crippen molar-refractivity contribution in [3.05, 3.63) is 74.2 Å². The molecule has 0 radical (unpaired) electrons. The van der Waals surface area contributed by atoms with Crippen molar-refractivity contribution in [2.24, 2.45) is 5.41 Å². The van der Waals surface area contributed by atoms with Crippen molar-refractivity contribution in [2.75, 3.05) is 0 Å². The van der Waals surface area contributed by atoms with E-state index in [1.165, 1.54) is 22.3 Å². The van der Waals surface area contributed by atoms with Crippen LogP contribution < -0.4 is 28.7 Å². The first-order chi connectivity index (χ1) is 11.4. The van der Waals surface area contributed by atoms with Crippen LogP contribution in [0, 0.1) is 5.41 Å². The zero-order chi connectivity index (χ0) is 17.1. The standard InChI is InChI=1S/C13H9.C10H15.2ClH.Ti/c1-3-7-12-10(5-1)9-11-6-2-4-8-13(11)12;1-7-6-10(4,5)9(3)8(7)2;;;/h1-5,7-8H,9H2;1-5H3;2*1H;/q;;;;+2/p-2. The van der Waals surface area contributed by atoms with Gasteiger partial charge in [-0.15, -0.1) is 0 Å². The molecule has 26 heavy (non-hydrogen) atoms. The predicted octanol–water partition coefficient (Wildman–Crippen LogP) is -0.376. The average Bonchev–Trinajstić information content (AvgIpc) is 3.02. The summed E-state index contributed by atoms with van der Waals surface area (Å²) >= 11 is -0.296. The summed E-state index contributed by atoms with van der Waals surface area (Å²) in [6.45, 7) is 11.8. The molecule has 0 fully saturated rings. The molecule has 0 nitrogen and oxygen atoms in total. The maximum Gasteiger partial charge on any atom is -1.00 e. The smallest absolute Gasteiger partial charge is 1.00 e. The molecule has 0 aliphatic heterocycles. The summed E-state index contributed by atoms with van der Waals surface area (Å²) in [5.41, 5.74) is 10.9. The Labute approximate surface area is 178 Å². The van der Waals surface area contributed by atoms with Gasteiger partial charge in [0, 0.05) is 0 Å². The van der Waals surface area contributed by atoms with Gasteiger partial charge < -0.3 is 24.8 Å². The zero-order valence-corrected chi connectivity index (χ0v) is 19.1. The summed E-state index contributed by atoms with van der Waals surface area (Å²) in [6, 6.07) is 15.9. The number of benzene rings is 2. The van der Waals surface area contributed by atoms with E-state index in [1.54, 1.807) is 24.5 Å². The molecule has 0 saturated heterocycles. The zero-order valence-electron chi connectivity index (χ0n) is 16.0. The molecular formula is C23H24Cl2Ti. The van der Waals surface area contributed by atoms with Crippen LogP contribution in [0.15, 0.2) is 63.1 Å². The Hall–Kier alpha value is -0.786. The van der Waals surface area contributed by atoms with Crippen LogP contribution in [0.5, 0.6) is 0 Å². The number of hydrogen-bond donors (Lipinski definition) is 0.